The Morgan fingerprint density at radius 2 is 2.00 bits per heavy atom. The predicted molar refractivity (Wildman–Crippen MR) is 82.5 cm³/mol. The van der Waals surface area contributed by atoms with E-state index in [1.165, 1.54) is 15.6 Å². The number of hydrogen-bond acceptors (Lipinski definition) is 4. The fourth-order valence-electron chi connectivity index (χ4n) is 1.67. The fourth-order valence-corrected chi connectivity index (χ4v) is 3.61. The zero-order chi connectivity index (χ0) is 14.6. The highest BCUT2D eigenvalue weighted by molar-refractivity contribution is 7.88. The zero-order valence-corrected chi connectivity index (χ0v) is 13.4. The molecule has 0 amide bonds. The lowest BCUT2D eigenvalue weighted by Gasteiger charge is -2.16. The molecule has 0 saturated heterocycles. The van der Waals surface area contributed by atoms with E-state index < -0.39 is 10.0 Å². The number of aromatic nitrogens is 1. The summed E-state index contributed by atoms with van der Waals surface area (Å²) in [4.78, 5) is 4.15. The largest absolute Gasteiger partial charge is 0.250 e. The second kappa shape index (κ2) is 6.67. The Bertz CT molecular complexity index is 640. The van der Waals surface area contributed by atoms with E-state index in [0.29, 0.717) is 18.0 Å². The molecule has 1 aromatic heterocycles. The van der Waals surface area contributed by atoms with Crippen molar-refractivity contribution >= 4 is 33.0 Å². The summed E-state index contributed by atoms with van der Waals surface area (Å²) in [5.41, 5.74) is 0.732. The van der Waals surface area contributed by atoms with E-state index >= 15 is 0 Å². The molecule has 0 radical (unpaired) electrons. The maximum atomic E-state index is 12.2. The average molecular weight is 331 g/mol. The quantitative estimate of drug-likeness (QED) is 0.818. The molecule has 108 valence electrons. The number of thiazole rings is 1. The highest BCUT2D eigenvalue weighted by atomic mass is 35.5. The number of hydrogen-bond donors (Lipinski definition) is 0. The highest BCUT2D eigenvalue weighted by Crippen LogP contribution is 2.14. The van der Waals surface area contributed by atoms with Gasteiger partial charge in [0.2, 0.25) is 10.0 Å². The van der Waals surface area contributed by atoms with Crippen molar-refractivity contribution in [3.05, 3.63) is 51.4 Å². The third-order valence-electron chi connectivity index (χ3n) is 2.86. The first kappa shape index (κ1) is 15.4. The summed E-state index contributed by atoms with van der Waals surface area (Å²) in [6.45, 7) is 0.434. The maximum Gasteiger partial charge on any atom is 0.218 e. The molecule has 2 rings (SSSR count). The molecule has 0 aliphatic carbocycles. The normalized spacial score (nSPS) is 11.9. The fraction of sp³-hybridized carbons (Fsp3) is 0.308. The van der Waals surface area contributed by atoms with Crippen molar-refractivity contribution in [1.82, 2.24) is 9.29 Å². The van der Waals surface area contributed by atoms with Gasteiger partial charge < -0.3 is 0 Å². The zero-order valence-electron chi connectivity index (χ0n) is 11.0. The van der Waals surface area contributed by atoms with Crippen LogP contribution in [0.2, 0.25) is 5.02 Å². The second-order valence-corrected chi connectivity index (χ2v) is 7.87. The van der Waals surface area contributed by atoms with Crippen LogP contribution in [0.4, 0.5) is 0 Å². The minimum absolute atomic E-state index is 0.0153. The second-order valence-electron chi connectivity index (χ2n) is 4.38. The highest BCUT2D eigenvalue weighted by Gasteiger charge is 2.18. The first-order valence-corrected chi connectivity index (χ1v) is 8.91. The number of rotatable bonds is 6. The van der Waals surface area contributed by atoms with Crippen molar-refractivity contribution in [2.75, 3.05) is 13.6 Å². The molecule has 20 heavy (non-hydrogen) atoms. The minimum atomic E-state index is -3.31. The molecule has 1 aromatic carbocycles. The Balaban J connectivity index is 1.96. The molecule has 0 bridgehead atoms. The van der Waals surface area contributed by atoms with Crippen molar-refractivity contribution in [2.24, 2.45) is 0 Å². The van der Waals surface area contributed by atoms with Crippen LogP contribution in [0.25, 0.3) is 0 Å². The molecule has 0 unspecified atom stereocenters. The standard InChI is InChI=1S/C13H15ClN2O2S2/c1-16(8-6-13-15-7-9-19-13)20(17,18)10-11-2-4-12(14)5-3-11/h2-5,7,9H,6,8,10H2,1H3. The SMILES string of the molecule is CN(CCc1nccs1)S(=O)(=O)Cc1ccc(Cl)cc1. The lowest BCUT2D eigenvalue weighted by atomic mass is 10.2. The van der Waals surface area contributed by atoms with Crippen LogP contribution in [0.1, 0.15) is 10.6 Å². The Labute approximate surface area is 128 Å². The van der Waals surface area contributed by atoms with E-state index in [2.05, 4.69) is 4.98 Å². The monoisotopic (exact) mass is 330 g/mol. The summed E-state index contributed by atoms with van der Waals surface area (Å²) in [6, 6.07) is 6.85. The molecule has 0 spiro atoms. The van der Waals surface area contributed by atoms with Gasteiger partial charge in [-0.15, -0.1) is 11.3 Å². The molecule has 7 heteroatoms. The maximum absolute atomic E-state index is 12.2. The van der Waals surface area contributed by atoms with E-state index in [4.69, 9.17) is 11.6 Å². The molecule has 0 fully saturated rings. The van der Waals surface area contributed by atoms with Crippen molar-refractivity contribution in [2.45, 2.75) is 12.2 Å². The summed E-state index contributed by atoms with van der Waals surface area (Å²) in [5, 5.41) is 3.43. The summed E-state index contributed by atoms with van der Waals surface area (Å²) in [7, 11) is -1.72. The minimum Gasteiger partial charge on any atom is -0.250 e. The lowest BCUT2D eigenvalue weighted by Crippen LogP contribution is -2.30. The molecule has 0 saturated carbocycles. The first-order valence-electron chi connectivity index (χ1n) is 6.04. The number of likely N-dealkylation sites (N-methyl/N-ethyl adjacent to an activating group) is 1. The van der Waals surface area contributed by atoms with Crippen LogP contribution in [0.5, 0.6) is 0 Å². The van der Waals surface area contributed by atoms with Crippen molar-refractivity contribution < 1.29 is 8.42 Å². The van der Waals surface area contributed by atoms with Crippen molar-refractivity contribution in [3.8, 4) is 0 Å². The van der Waals surface area contributed by atoms with Crippen LogP contribution < -0.4 is 0 Å². The van der Waals surface area contributed by atoms with Gasteiger partial charge in [-0.2, -0.15) is 0 Å². The third-order valence-corrected chi connectivity index (χ3v) is 5.78. The van der Waals surface area contributed by atoms with E-state index in [1.807, 2.05) is 5.38 Å². The summed E-state index contributed by atoms with van der Waals surface area (Å²) < 4.78 is 25.8. The van der Waals surface area contributed by atoms with E-state index in [0.717, 1.165) is 10.6 Å². The van der Waals surface area contributed by atoms with Gasteiger partial charge in [0.1, 0.15) is 0 Å². The molecule has 1 heterocycles. The molecule has 0 atom stereocenters. The number of halogens is 1. The van der Waals surface area contributed by atoms with Gasteiger partial charge in [0, 0.05) is 36.6 Å². The van der Waals surface area contributed by atoms with Crippen LogP contribution in [0.3, 0.4) is 0 Å². The van der Waals surface area contributed by atoms with Crippen LogP contribution in [0.15, 0.2) is 35.8 Å². The third kappa shape index (κ3) is 4.28. The topological polar surface area (TPSA) is 50.3 Å². The van der Waals surface area contributed by atoms with E-state index in [1.54, 1.807) is 37.5 Å². The van der Waals surface area contributed by atoms with E-state index in [9.17, 15) is 8.42 Å². The Morgan fingerprint density at radius 3 is 2.60 bits per heavy atom. The van der Waals surface area contributed by atoms with Gasteiger partial charge in [-0.25, -0.2) is 17.7 Å². The van der Waals surface area contributed by atoms with Crippen molar-refractivity contribution in [3.63, 3.8) is 0 Å². The Kier molecular flexibility index (Phi) is 5.15. The molecule has 4 nitrogen and oxygen atoms in total. The van der Waals surface area contributed by atoms with Gasteiger partial charge in [-0.05, 0) is 17.7 Å². The lowest BCUT2D eigenvalue weighted by molar-refractivity contribution is 0.471. The molecular formula is C13H15ClN2O2S2. The molecular weight excluding hydrogens is 316 g/mol. The summed E-state index contributed by atoms with van der Waals surface area (Å²) in [6.07, 6.45) is 2.36. The smallest absolute Gasteiger partial charge is 0.218 e. The van der Waals surface area contributed by atoms with Gasteiger partial charge in [0.15, 0.2) is 0 Å². The summed E-state index contributed by atoms with van der Waals surface area (Å²) >= 11 is 7.32. The molecule has 0 aliphatic heterocycles. The number of benzene rings is 1. The van der Waals surface area contributed by atoms with Crippen LogP contribution >= 0.6 is 22.9 Å². The molecule has 2 aromatic rings. The van der Waals surface area contributed by atoms with Gasteiger partial charge >= 0.3 is 0 Å². The Morgan fingerprint density at radius 1 is 1.30 bits per heavy atom. The van der Waals surface area contributed by atoms with Crippen LogP contribution in [-0.4, -0.2) is 31.3 Å². The van der Waals surface area contributed by atoms with Gasteiger partial charge in [0.05, 0.1) is 10.8 Å². The molecule has 0 N–H and O–H groups in total. The van der Waals surface area contributed by atoms with Crippen LogP contribution in [-0.2, 0) is 22.2 Å². The van der Waals surface area contributed by atoms with Crippen molar-refractivity contribution in [1.29, 1.82) is 0 Å². The Hall–Kier alpha value is -0.950. The van der Waals surface area contributed by atoms with Gasteiger partial charge in [-0.3, -0.25) is 0 Å². The van der Waals surface area contributed by atoms with Gasteiger partial charge in [0.25, 0.3) is 0 Å². The average Bonchev–Trinajstić information content (AvgIpc) is 2.91. The summed E-state index contributed by atoms with van der Waals surface area (Å²) in [5.74, 6) is -0.0153. The predicted octanol–water partition coefficient (Wildman–Crippen LogP) is 2.80. The molecule has 0 aliphatic rings. The van der Waals surface area contributed by atoms with E-state index in [-0.39, 0.29) is 5.75 Å². The number of sulfonamides is 1. The first-order chi connectivity index (χ1) is 9.47. The number of nitrogens with zero attached hydrogens (tertiary/aromatic N) is 2. The van der Waals surface area contributed by atoms with Gasteiger partial charge in [-0.1, -0.05) is 23.7 Å². The van der Waals surface area contributed by atoms with Crippen LogP contribution in [0, 0.1) is 0 Å².